The molecule has 1 aliphatic rings. The summed E-state index contributed by atoms with van der Waals surface area (Å²) in [5.41, 5.74) is 0.965. The Kier molecular flexibility index (Phi) is 9.09. The molecule has 1 aliphatic heterocycles. The average molecular weight is 364 g/mol. The maximum atomic E-state index is 12.4. The second-order valence-electron chi connectivity index (χ2n) is 5.77. The van der Waals surface area contributed by atoms with Crippen molar-refractivity contribution in [2.24, 2.45) is 11.8 Å². The van der Waals surface area contributed by atoms with Crippen molar-refractivity contribution in [1.29, 1.82) is 0 Å². The molecule has 2 rings (SSSR count). The summed E-state index contributed by atoms with van der Waals surface area (Å²) in [6.45, 7) is 4.51. The van der Waals surface area contributed by atoms with E-state index in [1.165, 1.54) is 7.11 Å². The van der Waals surface area contributed by atoms with E-state index in [1.807, 2.05) is 31.2 Å². The minimum absolute atomic E-state index is 0.105. The van der Waals surface area contributed by atoms with Crippen LogP contribution in [0.3, 0.4) is 0 Å². The van der Waals surface area contributed by atoms with Gasteiger partial charge in [-0.2, -0.15) is 9.59 Å². The number of rotatable bonds is 6. The molecule has 7 nitrogen and oxygen atoms in total. The van der Waals surface area contributed by atoms with Gasteiger partial charge in [-0.3, -0.25) is 9.59 Å². The van der Waals surface area contributed by atoms with E-state index in [0.29, 0.717) is 19.6 Å². The van der Waals surface area contributed by atoms with E-state index in [9.17, 15) is 9.59 Å². The minimum atomic E-state index is -0.297. The first kappa shape index (κ1) is 21.4. The van der Waals surface area contributed by atoms with Crippen molar-refractivity contribution >= 4 is 18.1 Å². The van der Waals surface area contributed by atoms with Crippen molar-refractivity contribution in [1.82, 2.24) is 0 Å². The van der Waals surface area contributed by atoms with Gasteiger partial charge in [0, 0.05) is 11.8 Å². The fourth-order valence-corrected chi connectivity index (χ4v) is 3.29. The summed E-state index contributed by atoms with van der Waals surface area (Å²) >= 11 is 0. The molecule has 0 aromatic heterocycles. The standard InChI is InChI=1S/C18H24O5.CO2/c1-4-13(18(20)22-5-2)17-12(10-16(19)21-3)11-23-15-9-7-6-8-14(15)17;2-1-3/h6-9,12-13,17H,4-5,10-11H2,1-3H3;. The lowest BCUT2D eigenvalue weighted by atomic mass is 9.73. The number of hydrogen-bond donors (Lipinski definition) is 0. The van der Waals surface area contributed by atoms with Crippen molar-refractivity contribution in [2.45, 2.75) is 32.6 Å². The first-order valence-electron chi connectivity index (χ1n) is 8.48. The van der Waals surface area contributed by atoms with Gasteiger partial charge in [0.1, 0.15) is 5.75 Å². The molecule has 0 radical (unpaired) electrons. The van der Waals surface area contributed by atoms with E-state index >= 15 is 0 Å². The highest BCUT2D eigenvalue weighted by molar-refractivity contribution is 5.75. The van der Waals surface area contributed by atoms with Gasteiger partial charge in [-0.05, 0) is 25.0 Å². The number of carbonyl (C=O) groups is 2. The topological polar surface area (TPSA) is 96.0 Å². The molecule has 0 saturated heterocycles. The van der Waals surface area contributed by atoms with Crippen LogP contribution in [-0.2, 0) is 28.7 Å². The lowest BCUT2D eigenvalue weighted by Crippen LogP contribution is -2.36. The van der Waals surface area contributed by atoms with E-state index in [2.05, 4.69) is 0 Å². The molecular weight excluding hydrogens is 340 g/mol. The summed E-state index contributed by atoms with van der Waals surface area (Å²) in [6, 6.07) is 7.69. The van der Waals surface area contributed by atoms with Crippen LogP contribution in [0.25, 0.3) is 0 Å². The van der Waals surface area contributed by atoms with Crippen LogP contribution in [-0.4, -0.2) is 38.4 Å². The highest BCUT2D eigenvalue weighted by atomic mass is 16.5. The molecule has 1 aromatic carbocycles. The van der Waals surface area contributed by atoms with E-state index in [4.69, 9.17) is 23.8 Å². The molecule has 0 N–H and O–H groups in total. The van der Waals surface area contributed by atoms with Crippen molar-refractivity contribution < 1.29 is 33.4 Å². The van der Waals surface area contributed by atoms with Crippen LogP contribution in [0.2, 0.25) is 0 Å². The zero-order valence-corrected chi connectivity index (χ0v) is 15.2. The summed E-state index contributed by atoms with van der Waals surface area (Å²) in [4.78, 5) is 40.4. The van der Waals surface area contributed by atoms with Crippen LogP contribution < -0.4 is 4.74 Å². The molecule has 0 amide bonds. The summed E-state index contributed by atoms with van der Waals surface area (Å²) in [5.74, 6) is -0.237. The fourth-order valence-electron chi connectivity index (χ4n) is 3.29. The number of ether oxygens (including phenoxy) is 3. The molecule has 26 heavy (non-hydrogen) atoms. The lowest BCUT2D eigenvalue weighted by Gasteiger charge is -2.36. The van der Waals surface area contributed by atoms with Crippen molar-refractivity contribution in [3.63, 3.8) is 0 Å². The maximum Gasteiger partial charge on any atom is 0.373 e. The van der Waals surface area contributed by atoms with Crippen molar-refractivity contribution in [3.05, 3.63) is 29.8 Å². The van der Waals surface area contributed by atoms with Crippen LogP contribution in [0.5, 0.6) is 5.75 Å². The summed E-state index contributed by atoms with van der Waals surface area (Å²) in [6.07, 6.45) is 1.13. The molecule has 0 bridgehead atoms. The highest BCUT2D eigenvalue weighted by Crippen LogP contribution is 2.44. The number of benzene rings is 1. The predicted octanol–water partition coefficient (Wildman–Crippen LogP) is 2.35. The average Bonchev–Trinajstić information content (AvgIpc) is 2.64. The zero-order chi connectivity index (χ0) is 19.5. The molecular formula is C19H24O7. The van der Waals surface area contributed by atoms with Gasteiger partial charge in [-0.1, -0.05) is 25.1 Å². The number of hydrogen-bond acceptors (Lipinski definition) is 7. The smallest absolute Gasteiger partial charge is 0.373 e. The highest BCUT2D eigenvalue weighted by Gasteiger charge is 2.40. The van der Waals surface area contributed by atoms with Gasteiger partial charge in [-0.25, -0.2) is 0 Å². The van der Waals surface area contributed by atoms with Crippen LogP contribution >= 0.6 is 0 Å². The lowest BCUT2D eigenvalue weighted by molar-refractivity contribution is -0.191. The van der Waals surface area contributed by atoms with Gasteiger partial charge >= 0.3 is 18.1 Å². The van der Waals surface area contributed by atoms with Crippen molar-refractivity contribution in [2.75, 3.05) is 20.3 Å². The molecule has 7 heteroatoms. The Morgan fingerprint density at radius 2 is 1.92 bits per heavy atom. The second-order valence-corrected chi connectivity index (χ2v) is 5.77. The Morgan fingerprint density at radius 1 is 1.27 bits per heavy atom. The largest absolute Gasteiger partial charge is 0.493 e. The normalized spacial score (nSPS) is 18.7. The molecule has 3 unspecified atom stereocenters. The third kappa shape index (κ3) is 5.43. The van der Waals surface area contributed by atoms with E-state index in [1.54, 1.807) is 6.92 Å². The van der Waals surface area contributed by atoms with Gasteiger partial charge in [-0.15, -0.1) is 0 Å². The predicted molar refractivity (Wildman–Crippen MR) is 90.2 cm³/mol. The maximum absolute atomic E-state index is 12.4. The third-order valence-electron chi connectivity index (χ3n) is 4.36. The van der Waals surface area contributed by atoms with Crippen LogP contribution in [0.1, 0.15) is 38.2 Å². The number of carbonyl (C=O) groups excluding carboxylic acids is 4. The number of fused-ring (bicyclic) bond motifs is 1. The molecule has 3 atom stereocenters. The fraction of sp³-hybridized carbons (Fsp3) is 0.526. The molecule has 142 valence electrons. The van der Waals surface area contributed by atoms with E-state index < -0.39 is 0 Å². The number of esters is 2. The Bertz CT molecular complexity index is 635. The molecule has 0 spiro atoms. The Balaban J connectivity index is 0.00000105. The molecule has 1 heterocycles. The molecule has 0 saturated carbocycles. The SMILES string of the molecule is CCOC(=O)C(CC)C1c2ccccc2OCC1CC(=O)OC.O=C=O. The number of para-hydroxylation sites is 1. The first-order chi connectivity index (χ1) is 12.5. The summed E-state index contributed by atoms with van der Waals surface area (Å²) in [7, 11) is 1.37. The monoisotopic (exact) mass is 364 g/mol. The zero-order valence-electron chi connectivity index (χ0n) is 15.2. The van der Waals surface area contributed by atoms with Crippen molar-refractivity contribution in [3.8, 4) is 5.75 Å². The Labute approximate surface area is 152 Å². The van der Waals surface area contributed by atoms with Gasteiger partial charge < -0.3 is 14.2 Å². The summed E-state index contributed by atoms with van der Waals surface area (Å²) in [5, 5.41) is 0. The van der Waals surface area contributed by atoms with Gasteiger partial charge in [0.2, 0.25) is 0 Å². The Morgan fingerprint density at radius 3 is 2.50 bits per heavy atom. The first-order valence-corrected chi connectivity index (χ1v) is 8.48. The quantitative estimate of drug-likeness (QED) is 0.715. The molecule has 0 aliphatic carbocycles. The second kappa shape index (κ2) is 11.1. The minimum Gasteiger partial charge on any atom is -0.493 e. The van der Waals surface area contributed by atoms with Gasteiger partial charge in [0.25, 0.3) is 0 Å². The van der Waals surface area contributed by atoms with Crippen LogP contribution in [0.4, 0.5) is 0 Å². The van der Waals surface area contributed by atoms with Crippen LogP contribution in [0, 0.1) is 11.8 Å². The summed E-state index contributed by atoms with van der Waals surface area (Å²) < 4.78 is 15.8. The molecule has 0 fully saturated rings. The third-order valence-corrected chi connectivity index (χ3v) is 4.36. The van der Waals surface area contributed by atoms with Crippen LogP contribution in [0.15, 0.2) is 24.3 Å². The van der Waals surface area contributed by atoms with Gasteiger partial charge in [0.05, 0.1) is 32.7 Å². The van der Waals surface area contributed by atoms with E-state index in [0.717, 1.165) is 11.3 Å². The van der Waals surface area contributed by atoms with Gasteiger partial charge in [0.15, 0.2) is 0 Å². The van der Waals surface area contributed by atoms with E-state index in [-0.39, 0.29) is 42.3 Å². The number of methoxy groups -OCH3 is 1. The Hall–Kier alpha value is -2.66. The molecule has 1 aromatic rings.